The van der Waals surface area contributed by atoms with Gasteiger partial charge < -0.3 is 5.32 Å². The van der Waals surface area contributed by atoms with E-state index in [0.29, 0.717) is 17.3 Å². The van der Waals surface area contributed by atoms with Gasteiger partial charge in [0.05, 0.1) is 0 Å². The summed E-state index contributed by atoms with van der Waals surface area (Å²) >= 11 is 9.21. The van der Waals surface area contributed by atoms with E-state index in [0.717, 1.165) is 10.0 Å². The van der Waals surface area contributed by atoms with Crippen molar-refractivity contribution >= 4 is 51.2 Å². The van der Waals surface area contributed by atoms with Crippen molar-refractivity contribution in [3.05, 3.63) is 63.6 Å². The Hall–Kier alpha value is -2.18. The number of hydrogen-bond acceptors (Lipinski definition) is 2. The number of carbonyl (C=O) groups excluding carboxylic acids is 2. The third-order valence-electron chi connectivity index (χ3n) is 3.78. The van der Waals surface area contributed by atoms with E-state index in [9.17, 15) is 9.59 Å². The van der Waals surface area contributed by atoms with Crippen LogP contribution < -0.4 is 10.7 Å². The Morgan fingerprint density at radius 2 is 1.92 bits per heavy atom. The molecule has 25 heavy (non-hydrogen) atoms. The Kier molecular flexibility index (Phi) is 5.50. The molecule has 2 amide bonds. The van der Waals surface area contributed by atoms with Gasteiger partial charge in [-0.05, 0) is 48.5 Å². The van der Waals surface area contributed by atoms with Crippen LogP contribution in [0.25, 0.3) is 0 Å². The minimum absolute atomic E-state index is 0.132. The SMILES string of the molecule is O=C(CC1C/[N+](=C/c2ccc(Cl)cc2)NC1=O)Nc1ccc(Br)cc1. The summed E-state index contributed by atoms with van der Waals surface area (Å²) < 4.78 is 2.64. The Balaban J connectivity index is 1.59. The molecule has 5 nitrogen and oxygen atoms in total. The Morgan fingerprint density at radius 1 is 1.24 bits per heavy atom. The second-order valence-corrected chi connectivity index (χ2v) is 7.12. The van der Waals surface area contributed by atoms with Crippen molar-refractivity contribution < 1.29 is 14.3 Å². The van der Waals surface area contributed by atoms with E-state index in [1.54, 1.807) is 28.9 Å². The van der Waals surface area contributed by atoms with Gasteiger partial charge >= 0.3 is 0 Å². The van der Waals surface area contributed by atoms with Crippen LogP contribution in [0.1, 0.15) is 12.0 Å². The fraction of sp³-hybridized carbons (Fsp3) is 0.167. The molecule has 2 N–H and O–H groups in total. The maximum Gasteiger partial charge on any atom is 0.284 e. The van der Waals surface area contributed by atoms with E-state index in [2.05, 4.69) is 26.7 Å². The van der Waals surface area contributed by atoms with Crippen molar-refractivity contribution in [2.24, 2.45) is 5.92 Å². The molecular weight excluding hydrogens is 406 g/mol. The van der Waals surface area contributed by atoms with Gasteiger partial charge in [0.1, 0.15) is 5.92 Å². The number of benzene rings is 2. The van der Waals surface area contributed by atoms with Gasteiger partial charge in [0.2, 0.25) is 12.1 Å². The maximum absolute atomic E-state index is 12.2. The zero-order valence-corrected chi connectivity index (χ0v) is 15.5. The second-order valence-electron chi connectivity index (χ2n) is 5.77. The Morgan fingerprint density at radius 3 is 2.60 bits per heavy atom. The van der Waals surface area contributed by atoms with Crippen LogP contribution >= 0.6 is 27.5 Å². The first-order valence-electron chi connectivity index (χ1n) is 7.72. The fourth-order valence-corrected chi connectivity index (χ4v) is 2.93. The molecule has 1 heterocycles. The number of anilines is 1. The van der Waals surface area contributed by atoms with Crippen LogP contribution in [0.4, 0.5) is 5.69 Å². The molecule has 0 saturated carbocycles. The van der Waals surface area contributed by atoms with Gasteiger partial charge in [-0.25, -0.2) is 0 Å². The lowest BCUT2D eigenvalue weighted by Gasteiger charge is -2.06. The van der Waals surface area contributed by atoms with Crippen LogP contribution in [0.15, 0.2) is 53.0 Å². The summed E-state index contributed by atoms with van der Waals surface area (Å²) in [4.78, 5) is 24.2. The van der Waals surface area contributed by atoms with Gasteiger partial charge in [0.15, 0.2) is 6.54 Å². The van der Waals surface area contributed by atoms with E-state index in [1.165, 1.54) is 0 Å². The zero-order valence-electron chi connectivity index (χ0n) is 13.2. The first-order valence-corrected chi connectivity index (χ1v) is 8.90. The zero-order chi connectivity index (χ0) is 17.8. The number of halogens is 2. The number of rotatable bonds is 4. The van der Waals surface area contributed by atoms with Crippen LogP contribution in [0.3, 0.4) is 0 Å². The van der Waals surface area contributed by atoms with Gasteiger partial charge in [0.25, 0.3) is 5.91 Å². The molecule has 0 spiro atoms. The maximum atomic E-state index is 12.2. The summed E-state index contributed by atoms with van der Waals surface area (Å²) in [7, 11) is 0. The highest BCUT2D eigenvalue weighted by molar-refractivity contribution is 9.10. The molecule has 1 atom stereocenters. The summed E-state index contributed by atoms with van der Waals surface area (Å²) in [5.41, 5.74) is 4.39. The lowest BCUT2D eigenvalue weighted by atomic mass is 10.1. The average molecular weight is 422 g/mol. The number of amides is 2. The lowest BCUT2D eigenvalue weighted by Crippen LogP contribution is -2.26. The summed E-state index contributed by atoms with van der Waals surface area (Å²) in [5, 5.41) is 3.46. The molecule has 2 aromatic carbocycles. The van der Waals surface area contributed by atoms with Gasteiger partial charge in [0, 0.05) is 27.2 Å². The van der Waals surface area contributed by atoms with Crippen LogP contribution in [0.5, 0.6) is 0 Å². The van der Waals surface area contributed by atoms with Crippen molar-refractivity contribution in [3.8, 4) is 0 Å². The topological polar surface area (TPSA) is 61.2 Å². The standard InChI is InChI=1S/C18H15BrClN3O2/c19-14-3-7-16(8-4-14)21-17(24)9-13-11-23(22-18(13)25)10-12-1-5-15(20)6-2-12/h1-8,10,13H,9,11H2,(H-,21,22,24,25)/p+1/b23-10-. The van der Waals surface area contributed by atoms with Crippen LogP contribution in [-0.2, 0) is 9.59 Å². The quantitative estimate of drug-likeness (QED) is 0.745. The molecule has 3 rings (SSSR count). The lowest BCUT2D eigenvalue weighted by molar-refractivity contribution is -0.556. The van der Waals surface area contributed by atoms with Crippen LogP contribution in [0.2, 0.25) is 5.02 Å². The number of nitrogens with zero attached hydrogens (tertiary/aromatic N) is 1. The summed E-state index contributed by atoms with van der Waals surface area (Å²) in [6.07, 6.45) is 1.95. The Bertz CT molecular complexity index is 819. The van der Waals surface area contributed by atoms with E-state index < -0.39 is 0 Å². The molecule has 1 fully saturated rings. The van der Waals surface area contributed by atoms with Crippen molar-refractivity contribution in [2.75, 3.05) is 11.9 Å². The van der Waals surface area contributed by atoms with Crippen molar-refractivity contribution in [3.63, 3.8) is 0 Å². The fourth-order valence-electron chi connectivity index (χ4n) is 2.54. The van der Waals surface area contributed by atoms with Gasteiger partial charge in [-0.2, -0.15) is 0 Å². The predicted molar refractivity (Wildman–Crippen MR) is 101 cm³/mol. The summed E-state index contributed by atoms with van der Waals surface area (Å²) in [6, 6.07) is 14.6. The average Bonchev–Trinajstić information content (AvgIpc) is 2.91. The number of hydrazone groups is 1. The van der Waals surface area contributed by atoms with Gasteiger partial charge in [-0.1, -0.05) is 27.5 Å². The monoisotopic (exact) mass is 420 g/mol. The highest BCUT2D eigenvalue weighted by Gasteiger charge is 2.35. The Labute approximate surface area is 158 Å². The molecule has 1 saturated heterocycles. The molecule has 1 unspecified atom stereocenters. The molecule has 1 aliphatic rings. The molecular formula is C18H16BrClN3O2+. The summed E-state index contributed by atoms with van der Waals surface area (Å²) in [5.74, 6) is -0.731. The van der Waals surface area contributed by atoms with Gasteiger partial charge in [-0.15, -0.1) is 10.1 Å². The number of hydrogen-bond donors (Lipinski definition) is 2. The molecule has 0 radical (unpaired) electrons. The number of carbonyl (C=O) groups is 2. The molecule has 2 aromatic rings. The van der Waals surface area contributed by atoms with E-state index >= 15 is 0 Å². The first-order chi connectivity index (χ1) is 12.0. The molecule has 0 bridgehead atoms. The van der Waals surface area contributed by atoms with Crippen LogP contribution in [0, 0.1) is 5.92 Å². The molecule has 128 valence electrons. The second kappa shape index (κ2) is 7.80. The molecule has 0 aromatic heterocycles. The molecule has 7 heteroatoms. The number of hydrazine groups is 1. The van der Waals surface area contributed by atoms with Gasteiger partial charge in [-0.3, -0.25) is 9.59 Å². The smallest absolute Gasteiger partial charge is 0.284 e. The minimum Gasteiger partial charge on any atom is -0.326 e. The minimum atomic E-state index is -0.390. The van der Waals surface area contributed by atoms with Crippen molar-refractivity contribution in [2.45, 2.75) is 6.42 Å². The van der Waals surface area contributed by atoms with Crippen LogP contribution in [-0.4, -0.2) is 29.3 Å². The highest BCUT2D eigenvalue weighted by atomic mass is 79.9. The van der Waals surface area contributed by atoms with Crippen molar-refractivity contribution in [1.82, 2.24) is 5.43 Å². The molecule has 1 aliphatic heterocycles. The highest BCUT2D eigenvalue weighted by Crippen LogP contribution is 2.16. The third kappa shape index (κ3) is 4.90. The number of nitrogens with one attached hydrogen (secondary N) is 2. The molecule has 0 aliphatic carbocycles. The third-order valence-corrected chi connectivity index (χ3v) is 4.56. The largest absolute Gasteiger partial charge is 0.326 e. The summed E-state index contributed by atoms with van der Waals surface area (Å²) in [6.45, 7) is 0.440. The normalized spacial score (nSPS) is 18.2. The van der Waals surface area contributed by atoms with Crippen molar-refractivity contribution in [1.29, 1.82) is 0 Å². The van der Waals surface area contributed by atoms with E-state index in [4.69, 9.17) is 11.6 Å². The van der Waals surface area contributed by atoms with E-state index in [-0.39, 0.29) is 24.2 Å². The van der Waals surface area contributed by atoms with E-state index in [1.807, 2.05) is 30.5 Å². The first kappa shape index (κ1) is 17.6. The predicted octanol–water partition coefficient (Wildman–Crippen LogP) is 3.22.